The van der Waals surface area contributed by atoms with Gasteiger partial charge in [0.15, 0.2) is 5.82 Å². The summed E-state index contributed by atoms with van der Waals surface area (Å²) in [4.78, 5) is 17.7. The molecule has 1 aromatic carbocycles. The normalized spacial score (nSPS) is 10.1. The van der Waals surface area contributed by atoms with Gasteiger partial charge in [0.05, 0.1) is 17.3 Å². The van der Waals surface area contributed by atoms with Gasteiger partial charge in [0, 0.05) is 18.2 Å². The molecule has 92 valence electrons. The van der Waals surface area contributed by atoms with Crippen LogP contribution < -0.4 is 5.32 Å². The average Bonchev–Trinajstić information content (AvgIpc) is 2.38. The van der Waals surface area contributed by atoms with E-state index in [1.165, 1.54) is 6.07 Å². The van der Waals surface area contributed by atoms with E-state index in [4.69, 9.17) is 0 Å². The van der Waals surface area contributed by atoms with Gasteiger partial charge in [-0.1, -0.05) is 18.2 Å². The zero-order valence-corrected chi connectivity index (χ0v) is 9.21. The zero-order valence-electron chi connectivity index (χ0n) is 9.21. The van der Waals surface area contributed by atoms with E-state index in [0.717, 1.165) is 12.4 Å². The van der Waals surface area contributed by atoms with Crippen molar-refractivity contribution in [3.63, 3.8) is 0 Å². The Kier molecular flexibility index (Phi) is 3.42. The summed E-state index contributed by atoms with van der Waals surface area (Å²) >= 11 is 0. The molecule has 1 aromatic heterocycles. The van der Waals surface area contributed by atoms with Crippen molar-refractivity contribution >= 4 is 11.6 Å². The highest BCUT2D eigenvalue weighted by molar-refractivity contribution is 5.41. The van der Waals surface area contributed by atoms with Gasteiger partial charge in [0.25, 0.3) is 5.69 Å². The van der Waals surface area contributed by atoms with Crippen LogP contribution in [0, 0.1) is 15.9 Å². The molecule has 0 unspecified atom stereocenters. The Morgan fingerprint density at radius 3 is 2.61 bits per heavy atom. The maximum atomic E-state index is 12.6. The molecule has 0 bridgehead atoms. The fraction of sp³-hybridized carbons (Fsp3) is 0.0909. The van der Waals surface area contributed by atoms with Gasteiger partial charge >= 0.3 is 0 Å². The van der Waals surface area contributed by atoms with Crippen LogP contribution in [0.5, 0.6) is 0 Å². The van der Waals surface area contributed by atoms with Gasteiger partial charge < -0.3 is 5.32 Å². The summed E-state index contributed by atoms with van der Waals surface area (Å²) in [7, 11) is 0. The molecule has 2 rings (SSSR count). The van der Waals surface area contributed by atoms with Crippen LogP contribution in [0.25, 0.3) is 0 Å². The van der Waals surface area contributed by atoms with E-state index >= 15 is 0 Å². The fourth-order valence-electron chi connectivity index (χ4n) is 1.42. The lowest BCUT2D eigenvalue weighted by atomic mass is 10.2. The van der Waals surface area contributed by atoms with Crippen molar-refractivity contribution in [3.8, 4) is 0 Å². The zero-order chi connectivity index (χ0) is 13.0. The predicted molar refractivity (Wildman–Crippen MR) is 62.4 cm³/mol. The smallest absolute Gasteiger partial charge is 0.274 e. The van der Waals surface area contributed by atoms with Gasteiger partial charge in [0.1, 0.15) is 0 Å². The Balaban J connectivity index is 2.10. The van der Waals surface area contributed by atoms with Crippen LogP contribution >= 0.6 is 0 Å². The Morgan fingerprint density at radius 1 is 1.28 bits per heavy atom. The minimum absolute atomic E-state index is 0.0205. The van der Waals surface area contributed by atoms with Crippen LogP contribution in [0.1, 0.15) is 5.56 Å². The Bertz CT molecular complexity index is 559. The van der Waals surface area contributed by atoms with Crippen molar-refractivity contribution in [3.05, 3.63) is 58.2 Å². The quantitative estimate of drug-likeness (QED) is 0.662. The molecule has 0 atom stereocenters. The summed E-state index contributed by atoms with van der Waals surface area (Å²) in [6.45, 7) is 0.197. The summed E-state index contributed by atoms with van der Waals surface area (Å²) in [5.41, 5.74) is 0.530. The molecule has 0 fully saturated rings. The van der Waals surface area contributed by atoms with Crippen LogP contribution in [0.2, 0.25) is 0 Å². The van der Waals surface area contributed by atoms with Crippen LogP contribution in [0.15, 0.2) is 36.7 Å². The lowest BCUT2D eigenvalue weighted by molar-refractivity contribution is -0.385. The van der Waals surface area contributed by atoms with Crippen LogP contribution in [0.3, 0.4) is 0 Å². The summed E-state index contributed by atoms with van der Waals surface area (Å²) in [6, 6.07) is 6.35. The van der Waals surface area contributed by atoms with Crippen molar-refractivity contribution < 1.29 is 9.31 Å². The van der Waals surface area contributed by atoms with E-state index in [0.29, 0.717) is 5.56 Å². The number of nitro benzene ring substituents is 1. The summed E-state index contributed by atoms with van der Waals surface area (Å²) in [6.07, 6.45) is 2.05. The van der Waals surface area contributed by atoms with Gasteiger partial charge in [-0.15, -0.1) is 0 Å². The van der Waals surface area contributed by atoms with Gasteiger partial charge in [-0.2, -0.15) is 0 Å². The lowest BCUT2D eigenvalue weighted by Gasteiger charge is -2.04. The van der Waals surface area contributed by atoms with Crippen molar-refractivity contribution in [2.45, 2.75) is 6.54 Å². The first-order valence-electron chi connectivity index (χ1n) is 5.10. The number of nitrogens with zero attached hydrogens (tertiary/aromatic N) is 3. The van der Waals surface area contributed by atoms with E-state index in [-0.39, 0.29) is 18.2 Å². The molecule has 0 aliphatic rings. The second-order valence-corrected chi connectivity index (χ2v) is 3.46. The predicted octanol–water partition coefficient (Wildman–Crippen LogP) is 2.14. The van der Waals surface area contributed by atoms with E-state index in [1.54, 1.807) is 18.2 Å². The van der Waals surface area contributed by atoms with E-state index in [2.05, 4.69) is 15.3 Å². The molecule has 6 nitrogen and oxygen atoms in total. The number of anilines is 1. The molecule has 0 spiro atoms. The van der Waals surface area contributed by atoms with Crippen molar-refractivity contribution in [2.24, 2.45) is 0 Å². The number of aromatic nitrogens is 2. The molecule has 7 heteroatoms. The molecule has 0 aliphatic heterocycles. The fourth-order valence-corrected chi connectivity index (χ4v) is 1.42. The highest BCUT2D eigenvalue weighted by Crippen LogP contribution is 2.18. The van der Waals surface area contributed by atoms with E-state index in [1.807, 2.05) is 0 Å². The molecule has 0 radical (unpaired) electrons. The van der Waals surface area contributed by atoms with Gasteiger partial charge in [-0.05, 0) is 0 Å². The van der Waals surface area contributed by atoms with Crippen LogP contribution in [-0.2, 0) is 6.54 Å². The molecular weight excluding hydrogens is 239 g/mol. The molecule has 1 heterocycles. The first-order valence-corrected chi connectivity index (χ1v) is 5.10. The van der Waals surface area contributed by atoms with Crippen LogP contribution in [0.4, 0.5) is 16.0 Å². The third-order valence-corrected chi connectivity index (χ3v) is 2.25. The topological polar surface area (TPSA) is 81.0 Å². The average molecular weight is 248 g/mol. The highest BCUT2D eigenvalue weighted by atomic mass is 19.1. The number of hydrogen-bond donors (Lipinski definition) is 1. The summed E-state index contributed by atoms with van der Waals surface area (Å²) < 4.78 is 12.6. The number of hydrogen-bond acceptors (Lipinski definition) is 5. The number of nitrogens with one attached hydrogen (secondary N) is 1. The Labute approximate surface area is 102 Å². The maximum Gasteiger partial charge on any atom is 0.274 e. The largest absolute Gasteiger partial charge is 0.350 e. The lowest BCUT2D eigenvalue weighted by Crippen LogP contribution is -2.05. The van der Waals surface area contributed by atoms with E-state index in [9.17, 15) is 14.5 Å². The first kappa shape index (κ1) is 11.9. The SMILES string of the molecule is O=[N+]([O-])c1ccccc1CNc1ncc(F)cn1. The third kappa shape index (κ3) is 2.76. The van der Waals surface area contributed by atoms with Crippen molar-refractivity contribution in [2.75, 3.05) is 5.32 Å². The first-order chi connectivity index (χ1) is 8.66. The van der Waals surface area contributed by atoms with Crippen molar-refractivity contribution in [1.82, 2.24) is 9.97 Å². The summed E-state index contributed by atoms with van der Waals surface area (Å²) in [5.74, 6) is -0.319. The second-order valence-electron chi connectivity index (χ2n) is 3.46. The van der Waals surface area contributed by atoms with Crippen molar-refractivity contribution in [1.29, 1.82) is 0 Å². The second kappa shape index (κ2) is 5.17. The number of para-hydroxylation sites is 1. The number of rotatable bonds is 4. The summed E-state index contributed by atoms with van der Waals surface area (Å²) in [5, 5.41) is 13.6. The molecular formula is C11H9FN4O2. The Morgan fingerprint density at radius 2 is 1.94 bits per heavy atom. The number of halogens is 1. The maximum absolute atomic E-state index is 12.6. The molecule has 0 saturated heterocycles. The minimum atomic E-state index is -0.536. The monoisotopic (exact) mass is 248 g/mol. The van der Waals surface area contributed by atoms with E-state index < -0.39 is 10.7 Å². The van der Waals surface area contributed by atoms with Gasteiger partial charge in [0.2, 0.25) is 5.95 Å². The van der Waals surface area contributed by atoms with Crippen LogP contribution in [-0.4, -0.2) is 14.9 Å². The third-order valence-electron chi connectivity index (χ3n) is 2.25. The molecule has 0 saturated carbocycles. The minimum Gasteiger partial charge on any atom is -0.350 e. The van der Waals surface area contributed by atoms with Gasteiger partial charge in [-0.3, -0.25) is 10.1 Å². The standard InChI is InChI=1S/C11H9FN4O2/c12-9-6-14-11(15-7-9)13-5-8-3-1-2-4-10(8)16(17)18/h1-4,6-7H,5H2,(H,13,14,15). The number of nitro groups is 1. The molecule has 1 N–H and O–H groups in total. The molecule has 2 aromatic rings. The van der Waals surface area contributed by atoms with Gasteiger partial charge in [-0.25, -0.2) is 14.4 Å². The molecule has 0 aliphatic carbocycles. The molecule has 0 amide bonds. The molecule has 18 heavy (non-hydrogen) atoms. The highest BCUT2D eigenvalue weighted by Gasteiger charge is 2.11. The Hall–Kier alpha value is -2.57. The number of benzene rings is 1.